The van der Waals surface area contributed by atoms with Gasteiger partial charge in [0, 0.05) is 18.1 Å². The molecule has 2 saturated heterocycles. The molecule has 2 N–H and O–H groups in total. The number of rotatable bonds is 5. The van der Waals surface area contributed by atoms with E-state index < -0.39 is 29.8 Å². The highest BCUT2D eigenvalue weighted by Crippen LogP contribution is 2.26. The molecule has 31 heavy (non-hydrogen) atoms. The van der Waals surface area contributed by atoms with Crippen molar-refractivity contribution < 1.29 is 18.8 Å². The summed E-state index contributed by atoms with van der Waals surface area (Å²) in [5, 5.41) is 5.70. The predicted molar refractivity (Wildman–Crippen MR) is 112 cm³/mol. The van der Waals surface area contributed by atoms with Crippen molar-refractivity contribution in [2.75, 3.05) is 18.4 Å². The van der Waals surface area contributed by atoms with E-state index in [-0.39, 0.29) is 24.0 Å². The summed E-state index contributed by atoms with van der Waals surface area (Å²) >= 11 is 5.77. The Balaban J connectivity index is 1.53. The molecule has 0 spiro atoms. The number of urea groups is 1. The molecule has 4 amide bonds. The quantitative estimate of drug-likeness (QED) is 0.737. The van der Waals surface area contributed by atoms with E-state index in [1.54, 1.807) is 24.5 Å². The Labute approximate surface area is 183 Å². The van der Waals surface area contributed by atoms with E-state index in [2.05, 4.69) is 15.6 Å². The molecule has 4 rings (SSSR count). The monoisotopic (exact) mass is 445 g/mol. The Morgan fingerprint density at radius 2 is 2.16 bits per heavy atom. The molecular formula is C21H21ClFN5O3. The summed E-state index contributed by atoms with van der Waals surface area (Å²) in [6.45, 7) is 0.492. The second-order valence-electron chi connectivity index (χ2n) is 7.51. The van der Waals surface area contributed by atoms with Crippen LogP contribution >= 0.6 is 11.6 Å². The van der Waals surface area contributed by atoms with Crippen molar-refractivity contribution in [3.63, 3.8) is 0 Å². The summed E-state index contributed by atoms with van der Waals surface area (Å²) in [4.78, 5) is 45.5. The van der Waals surface area contributed by atoms with Crippen molar-refractivity contribution in [3.8, 4) is 0 Å². The Hall–Kier alpha value is -3.04. The predicted octanol–water partition coefficient (Wildman–Crippen LogP) is 2.40. The number of halogens is 2. The van der Waals surface area contributed by atoms with Crippen LogP contribution in [0.15, 0.2) is 42.7 Å². The van der Waals surface area contributed by atoms with E-state index in [1.807, 2.05) is 0 Å². The van der Waals surface area contributed by atoms with Gasteiger partial charge in [-0.05, 0) is 49.2 Å². The minimum Gasteiger partial charge on any atom is -0.324 e. The van der Waals surface area contributed by atoms with Crippen LogP contribution in [0.5, 0.6) is 0 Å². The molecule has 2 aliphatic heterocycles. The largest absolute Gasteiger partial charge is 0.327 e. The van der Waals surface area contributed by atoms with Crippen molar-refractivity contribution in [3.05, 3.63) is 59.1 Å². The van der Waals surface area contributed by atoms with Crippen LogP contribution in [0.2, 0.25) is 5.02 Å². The zero-order valence-corrected chi connectivity index (χ0v) is 17.3. The minimum absolute atomic E-state index is 0.0715. The van der Waals surface area contributed by atoms with E-state index >= 15 is 0 Å². The van der Waals surface area contributed by atoms with Gasteiger partial charge in [-0.2, -0.15) is 0 Å². The van der Waals surface area contributed by atoms with Crippen LogP contribution < -0.4 is 10.6 Å². The number of imide groups is 1. The number of aromatic nitrogens is 1. The highest BCUT2D eigenvalue weighted by Gasteiger charge is 2.47. The molecule has 10 heteroatoms. The minimum atomic E-state index is -0.591. The molecule has 1 aromatic carbocycles. The molecule has 8 nitrogen and oxygen atoms in total. The first-order chi connectivity index (χ1) is 14.9. The van der Waals surface area contributed by atoms with Crippen LogP contribution in [0.25, 0.3) is 0 Å². The Morgan fingerprint density at radius 1 is 1.32 bits per heavy atom. The Bertz CT molecular complexity index is 1010. The summed E-state index contributed by atoms with van der Waals surface area (Å²) in [6.07, 6.45) is 4.61. The fraction of sp³-hybridized carbons (Fsp3) is 0.333. The van der Waals surface area contributed by atoms with E-state index in [0.29, 0.717) is 24.2 Å². The summed E-state index contributed by atoms with van der Waals surface area (Å²) in [7, 11) is 0. The highest BCUT2D eigenvalue weighted by atomic mass is 35.5. The fourth-order valence-electron chi connectivity index (χ4n) is 3.95. The lowest BCUT2D eigenvalue weighted by Gasteiger charge is -2.46. The maximum absolute atomic E-state index is 13.4. The van der Waals surface area contributed by atoms with Gasteiger partial charge >= 0.3 is 6.03 Å². The van der Waals surface area contributed by atoms with E-state index in [9.17, 15) is 18.8 Å². The van der Waals surface area contributed by atoms with Crippen molar-refractivity contribution in [2.45, 2.75) is 31.5 Å². The molecule has 2 atom stereocenters. The number of pyridine rings is 1. The molecule has 162 valence electrons. The van der Waals surface area contributed by atoms with Gasteiger partial charge in [-0.25, -0.2) is 9.18 Å². The maximum atomic E-state index is 13.4. The van der Waals surface area contributed by atoms with Gasteiger partial charge in [-0.1, -0.05) is 17.7 Å². The first kappa shape index (κ1) is 21.2. The smallest absolute Gasteiger partial charge is 0.324 e. The summed E-state index contributed by atoms with van der Waals surface area (Å²) in [6, 6.07) is 5.84. The third kappa shape index (κ3) is 4.52. The van der Waals surface area contributed by atoms with Gasteiger partial charge < -0.3 is 15.5 Å². The number of fused-ring (bicyclic) bond motifs is 1. The van der Waals surface area contributed by atoms with E-state index in [0.717, 1.165) is 17.4 Å². The number of piperidine rings is 1. The molecular weight excluding hydrogens is 425 g/mol. The molecule has 3 heterocycles. The number of anilines is 1. The molecule has 2 unspecified atom stereocenters. The summed E-state index contributed by atoms with van der Waals surface area (Å²) in [5.41, 5.74) is 1.03. The van der Waals surface area contributed by atoms with Crippen LogP contribution in [0, 0.1) is 5.82 Å². The zero-order valence-electron chi connectivity index (χ0n) is 16.6. The van der Waals surface area contributed by atoms with Gasteiger partial charge in [0.2, 0.25) is 11.8 Å². The van der Waals surface area contributed by atoms with Crippen LogP contribution in [0.4, 0.5) is 14.9 Å². The number of nitrogens with zero attached hydrogens (tertiary/aromatic N) is 3. The second-order valence-corrected chi connectivity index (χ2v) is 7.92. The van der Waals surface area contributed by atoms with Crippen LogP contribution in [0.1, 0.15) is 18.4 Å². The first-order valence-electron chi connectivity index (χ1n) is 9.93. The highest BCUT2D eigenvalue weighted by molar-refractivity contribution is 6.31. The van der Waals surface area contributed by atoms with Crippen molar-refractivity contribution in [1.29, 1.82) is 0 Å². The first-order valence-corrected chi connectivity index (χ1v) is 10.3. The molecule has 0 bridgehead atoms. The number of hydrogen-bond donors (Lipinski definition) is 2. The van der Waals surface area contributed by atoms with Crippen molar-refractivity contribution in [2.24, 2.45) is 0 Å². The summed E-state index contributed by atoms with van der Waals surface area (Å²) < 4.78 is 13.4. The van der Waals surface area contributed by atoms with Crippen molar-refractivity contribution >= 4 is 35.1 Å². The van der Waals surface area contributed by atoms with Gasteiger partial charge in [-0.3, -0.25) is 19.5 Å². The third-order valence-electron chi connectivity index (χ3n) is 5.42. The molecule has 2 aliphatic rings. The second kappa shape index (κ2) is 8.99. The molecule has 0 aliphatic carbocycles. The van der Waals surface area contributed by atoms with Gasteiger partial charge in [0.25, 0.3) is 0 Å². The SMILES string of the molecule is O=C(CN1C(=O)N(Cc2cccnc2)C(=O)C2NCCCC21)Nc1ccc(F)c(Cl)c1. The lowest BCUT2D eigenvalue weighted by Crippen LogP contribution is -2.70. The number of carbonyl (C=O) groups excluding carboxylic acids is 3. The number of nitrogens with one attached hydrogen (secondary N) is 2. The number of amides is 4. The Morgan fingerprint density at radius 3 is 2.90 bits per heavy atom. The number of hydrogen-bond acceptors (Lipinski definition) is 5. The normalized spacial score (nSPS) is 21.1. The van der Waals surface area contributed by atoms with Gasteiger partial charge in [0.15, 0.2) is 0 Å². The zero-order chi connectivity index (χ0) is 22.0. The van der Waals surface area contributed by atoms with Gasteiger partial charge in [0.05, 0.1) is 17.6 Å². The Kier molecular flexibility index (Phi) is 6.15. The summed E-state index contributed by atoms with van der Waals surface area (Å²) in [5.74, 6) is -1.36. The fourth-order valence-corrected chi connectivity index (χ4v) is 4.13. The lowest BCUT2D eigenvalue weighted by atomic mass is 9.93. The molecule has 0 radical (unpaired) electrons. The van der Waals surface area contributed by atoms with E-state index in [1.165, 1.54) is 17.0 Å². The molecule has 1 aromatic heterocycles. The molecule has 2 aromatic rings. The average Bonchev–Trinajstić information content (AvgIpc) is 2.77. The third-order valence-corrected chi connectivity index (χ3v) is 5.71. The van der Waals surface area contributed by atoms with Crippen LogP contribution in [-0.4, -0.2) is 57.8 Å². The topological polar surface area (TPSA) is 94.6 Å². The molecule has 2 fully saturated rings. The average molecular weight is 446 g/mol. The van der Waals surface area contributed by atoms with E-state index in [4.69, 9.17) is 11.6 Å². The van der Waals surface area contributed by atoms with Crippen LogP contribution in [-0.2, 0) is 16.1 Å². The standard InChI is InChI=1S/C21H21ClFN5O3/c22-15-9-14(5-6-16(15)23)26-18(29)12-27-17-4-2-8-25-19(17)20(30)28(21(27)31)11-13-3-1-7-24-10-13/h1,3,5-7,9-10,17,19,25H,2,4,8,11-12H2,(H,26,29). The lowest BCUT2D eigenvalue weighted by molar-refractivity contribution is -0.138. The van der Waals surface area contributed by atoms with Gasteiger partial charge in [0.1, 0.15) is 18.4 Å². The van der Waals surface area contributed by atoms with Crippen LogP contribution in [0.3, 0.4) is 0 Å². The maximum Gasteiger partial charge on any atom is 0.327 e. The molecule has 0 saturated carbocycles. The number of carbonyl (C=O) groups is 3. The van der Waals surface area contributed by atoms with Gasteiger partial charge in [-0.15, -0.1) is 0 Å². The number of benzene rings is 1. The van der Waals surface area contributed by atoms with Crippen molar-refractivity contribution in [1.82, 2.24) is 20.1 Å².